The Labute approximate surface area is 212 Å². The first-order valence-electron chi connectivity index (χ1n) is 12.0. The fourth-order valence-corrected chi connectivity index (χ4v) is 5.04. The topological polar surface area (TPSA) is 66.4 Å². The minimum absolute atomic E-state index is 0.00145. The van der Waals surface area contributed by atoms with Crippen LogP contribution in [0, 0.1) is 0 Å². The average molecular weight is 512 g/mol. The van der Waals surface area contributed by atoms with Gasteiger partial charge in [-0.2, -0.15) is 18.3 Å². The maximum Gasteiger partial charge on any atom is 0.416 e. The summed E-state index contributed by atoms with van der Waals surface area (Å²) >= 11 is 0. The molecule has 7 nitrogen and oxygen atoms in total. The lowest BCUT2D eigenvalue weighted by atomic mass is 9.99. The number of ether oxygens (including phenoxy) is 1. The van der Waals surface area contributed by atoms with Crippen molar-refractivity contribution in [3.63, 3.8) is 0 Å². The third-order valence-corrected chi connectivity index (χ3v) is 6.84. The summed E-state index contributed by atoms with van der Waals surface area (Å²) in [5, 5.41) is 5.31. The van der Waals surface area contributed by atoms with Gasteiger partial charge in [0.25, 0.3) is 5.91 Å². The van der Waals surface area contributed by atoms with Crippen molar-refractivity contribution in [1.82, 2.24) is 24.6 Å². The number of fused-ring (bicyclic) bond motifs is 1. The Hall–Kier alpha value is -3.79. The summed E-state index contributed by atoms with van der Waals surface area (Å²) in [6.45, 7) is 2.25. The molecule has 1 amide bonds. The first kappa shape index (κ1) is 24.9. The number of para-hydroxylation sites is 1. The molecule has 1 N–H and O–H groups in total. The van der Waals surface area contributed by atoms with E-state index >= 15 is 0 Å². The minimum Gasteiger partial charge on any atom is -0.497 e. The van der Waals surface area contributed by atoms with Crippen molar-refractivity contribution in [2.75, 3.05) is 26.7 Å². The van der Waals surface area contributed by atoms with Gasteiger partial charge < -0.3 is 14.6 Å². The van der Waals surface area contributed by atoms with Gasteiger partial charge in [-0.15, -0.1) is 0 Å². The Balaban J connectivity index is 1.45. The van der Waals surface area contributed by atoms with Crippen LogP contribution < -0.4 is 4.74 Å². The number of nitrogens with zero attached hydrogens (tertiary/aromatic N) is 4. The zero-order chi connectivity index (χ0) is 26.2. The van der Waals surface area contributed by atoms with Gasteiger partial charge in [0.2, 0.25) is 0 Å². The highest BCUT2D eigenvalue weighted by Crippen LogP contribution is 2.33. The van der Waals surface area contributed by atoms with Crippen LogP contribution in [-0.4, -0.2) is 63.3 Å². The van der Waals surface area contributed by atoms with E-state index in [4.69, 9.17) is 4.74 Å². The number of benzene rings is 2. The molecule has 0 saturated carbocycles. The van der Waals surface area contributed by atoms with Crippen LogP contribution in [0.5, 0.6) is 5.75 Å². The van der Waals surface area contributed by atoms with Gasteiger partial charge in [-0.1, -0.05) is 18.2 Å². The molecule has 194 valence electrons. The maximum atomic E-state index is 13.7. The lowest BCUT2D eigenvalue weighted by Gasteiger charge is -2.41. The number of aryl methyl sites for hydroxylation is 1. The van der Waals surface area contributed by atoms with E-state index in [9.17, 15) is 18.0 Å². The van der Waals surface area contributed by atoms with Gasteiger partial charge in [0, 0.05) is 73.7 Å². The van der Waals surface area contributed by atoms with Crippen LogP contribution >= 0.6 is 0 Å². The number of aromatic nitrogens is 3. The van der Waals surface area contributed by atoms with Crippen LogP contribution in [-0.2, 0) is 26.2 Å². The molecule has 2 aromatic heterocycles. The number of aromatic amines is 1. The molecule has 2 aromatic carbocycles. The van der Waals surface area contributed by atoms with E-state index in [1.807, 2.05) is 49.9 Å². The highest BCUT2D eigenvalue weighted by molar-refractivity contribution is 5.95. The standard InChI is InChI=1S/C27H28F3N5O2/c1-33-15-18(13-32-33)16-34-7-8-35(22(17-34)10-20-14-31-25-6-4-3-5-24(20)25)26(36)19-9-21(27(28,29)30)12-23(11-19)37-2/h3-6,9,11-15,22,31H,7-8,10,16-17H2,1-2H3/t22-/m1/s1. The summed E-state index contributed by atoms with van der Waals surface area (Å²) in [4.78, 5) is 20.9. The fraction of sp³-hybridized carbons (Fsp3) is 0.333. The van der Waals surface area contributed by atoms with Crippen molar-refractivity contribution in [3.05, 3.63) is 83.3 Å². The Morgan fingerprint density at radius 1 is 1.19 bits per heavy atom. The van der Waals surface area contributed by atoms with Crippen molar-refractivity contribution in [2.45, 2.75) is 25.2 Å². The number of hydrogen-bond acceptors (Lipinski definition) is 4. The SMILES string of the molecule is COc1cc(C(=O)N2CCN(Cc3cnn(C)c3)C[C@H]2Cc2c[nH]c3ccccc23)cc(C(F)(F)F)c1. The summed E-state index contributed by atoms with van der Waals surface area (Å²) in [7, 11) is 3.16. The van der Waals surface area contributed by atoms with E-state index < -0.39 is 17.6 Å². The second kappa shape index (κ2) is 9.93. The van der Waals surface area contributed by atoms with E-state index in [0.717, 1.165) is 34.2 Å². The molecule has 37 heavy (non-hydrogen) atoms. The Bertz CT molecular complexity index is 1410. The summed E-state index contributed by atoms with van der Waals surface area (Å²) in [5.74, 6) is -0.433. The molecule has 1 aliphatic heterocycles. The number of alkyl halides is 3. The third-order valence-electron chi connectivity index (χ3n) is 6.84. The summed E-state index contributed by atoms with van der Waals surface area (Å²) < 4.78 is 47.4. The van der Waals surface area contributed by atoms with E-state index in [1.165, 1.54) is 13.2 Å². The normalized spacial score (nSPS) is 16.9. The van der Waals surface area contributed by atoms with Gasteiger partial charge >= 0.3 is 6.18 Å². The van der Waals surface area contributed by atoms with E-state index in [0.29, 0.717) is 32.6 Å². The molecular weight excluding hydrogens is 483 g/mol. The lowest BCUT2D eigenvalue weighted by Crippen LogP contribution is -2.55. The Morgan fingerprint density at radius 3 is 2.73 bits per heavy atom. The first-order chi connectivity index (χ1) is 17.7. The fourth-order valence-electron chi connectivity index (χ4n) is 5.04. The van der Waals surface area contributed by atoms with Crippen LogP contribution in [0.25, 0.3) is 10.9 Å². The number of rotatable bonds is 6. The number of methoxy groups -OCH3 is 1. The van der Waals surface area contributed by atoms with Crippen molar-refractivity contribution < 1.29 is 22.7 Å². The predicted molar refractivity (Wildman–Crippen MR) is 133 cm³/mol. The Kier molecular flexibility index (Phi) is 6.68. The summed E-state index contributed by atoms with van der Waals surface area (Å²) in [6.07, 6.45) is 1.70. The summed E-state index contributed by atoms with van der Waals surface area (Å²) in [6, 6.07) is 10.9. The minimum atomic E-state index is -4.59. The number of halogens is 3. The molecule has 5 rings (SSSR count). The molecule has 1 atom stereocenters. The maximum absolute atomic E-state index is 13.7. The molecule has 3 heterocycles. The van der Waals surface area contributed by atoms with Gasteiger partial charge in [-0.25, -0.2) is 0 Å². The number of H-pyrrole nitrogens is 1. The van der Waals surface area contributed by atoms with Crippen molar-refractivity contribution >= 4 is 16.8 Å². The number of amides is 1. The molecule has 0 unspecified atom stereocenters. The van der Waals surface area contributed by atoms with Crippen molar-refractivity contribution in [3.8, 4) is 5.75 Å². The van der Waals surface area contributed by atoms with Crippen LogP contribution in [0.1, 0.15) is 27.0 Å². The van der Waals surface area contributed by atoms with Crippen LogP contribution in [0.4, 0.5) is 13.2 Å². The second-order valence-corrected chi connectivity index (χ2v) is 9.42. The molecule has 0 radical (unpaired) electrons. The molecule has 4 aromatic rings. The largest absolute Gasteiger partial charge is 0.497 e. The molecule has 1 fully saturated rings. The van der Waals surface area contributed by atoms with Crippen LogP contribution in [0.2, 0.25) is 0 Å². The Morgan fingerprint density at radius 2 is 2.00 bits per heavy atom. The molecular formula is C27H28F3N5O2. The van der Waals surface area contributed by atoms with E-state index in [1.54, 1.807) is 9.58 Å². The van der Waals surface area contributed by atoms with Gasteiger partial charge in [-0.3, -0.25) is 14.4 Å². The van der Waals surface area contributed by atoms with E-state index in [2.05, 4.69) is 15.0 Å². The van der Waals surface area contributed by atoms with E-state index in [-0.39, 0.29) is 17.4 Å². The average Bonchev–Trinajstić information content (AvgIpc) is 3.48. The predicted octanol–water partition coefficient (Wildman–Crippen LogP) is 4.50. The number of hydrogen-bond donors (Lipinski definition) is 1. The molecule has 10 heteroatoms. The molecule has 1 aliphatic rings. The highest BCUT2D eigenvalue weighted by atomic mass is 19.4. The number of carbonyl (C=O) groups excluding carboxylic acids is 1. The van der Waals surface area contributed by atoms with Crippen molar-refractivity contribution in [1.29, 1.82) is 0 Å². The van der Waals surface area contributed by atoms with Crippen molar-refractivity contribution in [2.24, 2.45) is 7.05 Å². The second-order valence-electron chi connectivity index (χ2n) is 9.42. The molecule has 0 bridgehead atoms. The highest BCUT2D eigenvalue weighted by Gasteiger charge is 2.35. The smallest absolute Gasteiger partial charge is 0.416 e. The van der Waals surface area contributed by atoms with Gasteiger partial charge in [0.05, 0.1) is 18.9 Å². The zero-order valence-electron chi connectivity index (χ0n) is 20.6. The monoisotopic (exact) mass is 511 g/mol. The zero-order valence-corrected chi connectivity index (χ0v) is 20.6. The number of piperazine rings is 1. The molecule has 0 aliphatic carbocycles. The summed E-state index contributed by atoms with van der Waals surface area (Å²) in [5.41, 5.74) is 2.19. The van der Waals surface area contributed by atoms with Crippen LogP contribution in [0.3, 0.4) is 0 Å². The third kappa shape index (κ3) is 5.34. The number of carbonyl (C=O) groups is 1. The van der Waals surface area contributed by atoms with Crippen LogP contribution in [0.15, 0.2) is 61.1 Å². The molecule has 1 saturated heterocycles. The lowest BCUT2D eigenvalue weighted by molar-refractivity contribution is -0.137. The number of nitrogens with one attached hydrogen (secondary N) is 1. The van der Waals surface area contributed by atoms with Gasteiger partial charge in [0.1, 0.15) is 5.75 Å². The van der Waals surface area contributed by atoms with Gasteiger partial charge in [0.15, 0.2) is 0 Å². The first-order valence-corrected chi connectivity index (χ1v) is 12.0. The molecule has 0 spiro atoms. The quantitative estimate of drug-likeness (QED) is 0.414. The van der Waals surface area contributed by atoms with Gasteiger partial charge in [-0.05, 0) is 36.2 Å².